The summed E-state index contributed by atoms with van der Waals surface area (Å²) in [5, 5.41) is 0.671. The second-order valence-electron chi connectivity index (χ2n) is 4.96. The highest BCUT2D eigenvalue weighted by Crippen LogP contribution is 2.26. The van der Waals surface area contributed by atoms with Crippen molar-refractivity contribution >= 4 is 23.4 Å². The third kappa shape index (κ3) is 2.88. The third-order valence-corrected chi connectivity index (χ3v) is 4.01. The zero-order valence-electron chi connectivity index (χ0n) is 11.8. The van der Waals surface area contributed by atoms with Crippen LogP contribution in [0.3, 0.4) is 0 Å². The number of halogens is 1. The van der Waals surface area contributed by atoms with Crippen molar-refractivity contribution in [3.8, 4) is 0 Å². The van der Waals surface area contributed by atoms with Crippen LogP contribution in [0.2, 0.25) is 5.02 Å². The number of nitrogens with zero attached hydrogens (tertiary/aromatic N) is 3. The molecule has 3 rings (SSSR count). The molecule has 0 bridgehead atoms. The molecule has 0 aliphatic carbocycles. The normalized spacial score (nSPS) is 14.6. The molecule has 2 aromatic rings. The van der Waals surface area contributed by atoms with E-state index in [0.717, 1.165) is 30.0 Å². The van der Waals surface area contributed by atoms with Crippen molar-refractivity contribution in [3.05, 3.63) is 47.0 Å². The van der Waals surface area contributed by atoms with Crippen LogP contribution in [-0.2, 0) is 17.7 Å². The fourth-order valence-electron chi connectivity index (χ4n) is 2.42. The third-order valence-electron chi connectivity index (χ3n) is 3.65. The van der Waals surface area contributed by atoms with Crippen LogP contribution >= 0.6 is 11.6 Å². The number of hydrogen-bond acceptors (Lipinski definition) is 3. The van der Waals surface area contributed by atoms with Gasteiger partial charge in [0.05, 0.1) is 6.54 Å². The number of imidazole rings is 1. The predicted octanol–water partition coefficient (Wildman–Crippen LogP) is 3.04. The van der Waals surface area contributed by atoms with Crippen molar-refractivity contribution in [2.45, 2.75) is 19.9 Å². The fraction of sp³-hybridized carbons (Fsp3) is 0.333. The van der Waals surface area contributed by atoms with Crippen molar-refractivity contribution in [2.75, 3.05) is 18.1 Å². The average Bonchev–Trinajstić information content (AvgIpc) is 3.06. The molecule has 1 fully saturated rings. The summed E-state index contributed by atoms with van der Waals surface area (Å²) in [6.07, 6.45) is 4.25. The highest BCUT2D eigenvalue weighted by Gasteiger charge is 2.23. The lowest BCUT2D eigenvalue weighted by Crippen LogP contribution is -2.23. The highest BCUT2D eigenvalue weighted by molar-refractivity contribution is 6.31. The number of hydrogen-bond donors (Lipinski definition) is 0. The van der Waals surface area contributed by atoms with Crippen LogP contribution in [0.25, 0.3) is 0 Å². The number of benzene rings is 1. The first-order valence-corrected chi connectivity index (χ1v) is 7.23. The van der Waals surface area contributed by atoms with Gasteiger partial charge in [-0.15, -0.1) is 0 Å². The van der Waals surface area contributed by atoms with Crippen LogP contribution < -0.4 is 4.90 Å². The molecule has 0 N–H and O–H groups in total. The molecule has 0 atom stereocenters. The Labute approximate surface area is 128 Å². The summed E-state index contributed by atoms with van der Waals surface area (Å²) in [6, 6.07) is 5.70. The topological polar surface area (TPSA) is 47.4 Å². The maximum atomic E-state index is 11.5. The zero-order valence-corrected chi connectivity index (χ0v) is 12.5. The Balaban J connectivity index is 1.72. The minimum atomic E-state index is -0.312. The number of cyclic esters (lactones) is 1. The molecule has 1 aromatic heterocycles. The van der Waals surface area contributed by atoms with E-state index < -0.39 is 0 Å². The van der Waals surface area contributed by atoms with Crippen molar-refractivity contribution in [3.63, 3.8) is 0 Å². The first-order chi connectivity index (χ1) is 10.1. The van der Waals surface area contributed by atoms with E-state index in [-0.39, 0.29) is 6.09 Å². The van der Waals surface area contributed by atoms with Gasteiger partial charge in [-0.2, -0.15) is 0 Å². The molecule has 2 heterocycles. The van der Waals surface area contributed by atoms with Gasteiger partial charge >= 0.3 is 6.09 Å². The van der Waals surface area contributed by atoms with E-state index in [9.17, 15) is 4.79 Å². The van der Waals surface area contributed by atoms with E-state index in [4.69, 9.17) is 16.3 Å². The summed E-state index contributed by atoms with van der Waals surface area (Å²) in [6.45, 7) is 3.81. The molecule has 1 aliphatic rings. The Hall–Kier alpha value is -2.01. The van der Waals surface area contributed by atoms with Crippen molar-refractivity contribution in [2.24, 2.45) is 0 Å². The molecule has 0 spiro atoms. The number of ether oxygens (including phenoxy) is 1. The average molecular weight is 306 g/mol. The first-order valence-electron chi connectivity index (χ1n) is 6.85. The SMILES string of the molecule is Cc1nccn1CCc1ccc(N2CCOC2=O)cc1Cl. The summed E-state index contributed by atoms with van der Waals surface area (Å²) < 4.78 is 7.02. The van der Waals surface area contributed by atoms with Crippen molar-refractivity contribution in [1.82, 2.24) is 9.55 Å². The maximum Gasteiger partial charge on any atom is 0.414 e. The molecule has 6 heteroatoms. The number of aromatic nitrogens is 2. The lowest BCUT2D eigenvalue weighted by molar-refractivity contribution is 0.181. The van der Waals surface area contributed by atoms with Gasteiger partial charge in [-0.05, 0) is 31.0 Å². The van der Waals surface area contributed by atoms with Gasteiger partial charge in [0, 0.05) is 29.6 Å². The van der Waals surface area contributed by atoms with E-state index in [1.165, 1.54) is 0 Å². The van der Waals surface area contributed by atoms with E-state index in [1.54, 1.807) is 11.1 Å². The quantitative estimate of drug-likeness (QED) is 0.872. The smallest absolute Gasteiger partial charge is 0.414 e. The van der Waals surface area contributed by atoms with Gasteiger partial charge in [0.2, 0.25) is 0 Å². The number of carbonyl (C=O) groups excluding carboxylic acids is 1. The molecule has 1 aromatic carbocycles. The Kier molecular flexibility index (Phi) is 3.84. The molecule has 110 valence electrons. The van der Waals surface area contributed by atoms with Crippen molar-refractivity contribution in [1.29, 1.82) is 0 Å². The number of rotatable bonds is 4. The zero-order chi connectivity index (χ0) is 14.8. The molecule has 1 amide bonds. The first kappa shape index (κ1) is 13.9. The highest BCUT2D eigenvalue weighted by atomic mass is 35.5. The maximum absolute atomic E-state index is 11.5. The number of anilines is 1. The summed E-state index contributed by atoms with van der Waals surface area (Å²) in [4.78, 5) is 17.3. The van der Waals surface area contributed by atoms with E-state index in [2.05, 4.69) is 9.55 Å². The van der Waals surface area contributed by atoms with Gasteiger partial charge in [0.15, 0.2) is 0 Å². The lowest BCUT2D eigenvalue weighted by Gasteiger charge is -2.14. The second kappa shape index (κ2) is 5.77. The van der Waals surface area contributed by atoms with Crippen LogP contribution in [0.1, 0.15) is 11.4 Å². The molecular formula is C15H16ClN3O2. The van der Waals surface area contributed by atoms with E-state index >= 15 is 0 Å². The molecule has 0 saturated carbocycles. The largest absolute Gasteiger partial charge is 0.447 e. The van der Waals surface area contributed by atoms with Crippen LogP contribution in [0.15, 0.2) is 30.6 Å². The van der Waals surface area contributed by atoms with E-state index in [1.807, 2.05) is 31.3 Å². The van der Waals surface area contributed by atoms with Crippen LogP contribution in [0.4, 0.5) is 10.5 Å². The van der Waals surface area contributed by atoms with Crippen LogP contribution in [0, 0.1) is 6.92 Å². The van der Waals surface area contributed by atoms with Gasteiger partial charge in [0.1, 0.15) is 12.4 Å². The Bertz CT molecular complexity index is 669. The molecule has 5 nitrogen and oxygen atoms in total. The standard InChI is InChI=1S/C15H16ClN3O2/c1-11-17-5-7-18(11)6-4-12-2-3-13(10-14(12)16)19-8-9-21-15(19)20/h2-3,5,7,10H,4,6,8-9H2,1H3. The van der Waals surface area contributed by atoms with Gasteiger partial charge < -0.3 is 9.30 Å². The minimum Gasteiger partial charge on any atom is -0.447 e. The van der Waals surface area contributed by atoms with Crippen LogP contribution in [0.5, 0.6) is 0 Å². The summed E-state index contributed by atoms with van der Waals surface area (Å²) >= 11 is 6.33. The molecule has 0 radical (unpaired) electrons. The fourth-order valence-corrected chi connectivity index (χ4v) is 2.69. The van der Waals surface area contributed by atoms with Crippen molar-refractivity contribution < 1.29 is 9.53 Å². The molecule has 1 saturated heterocycles. The lowest BCUT2D eigenvalue weighted by atomic mass is 10.1. The summed E-state index contributed by atoms with van der Waals surface area (Å²) in [5.74, 6) is 0.988. The minimum absolute atomic E-state index is 0.312. The van der Waals surface area contributed by atoms with Gasteiger partial charge in [-0.25, -0.2) is 9.78 Å². The second-order valence-corrected chi connectivity index (χ2v) is 5.37. The van der Waals surface area contributed by atoms with Gasteiger partial charge in [0.25, 0.3) is 0 Å². The number of amides is 1. The molecule has 0 unspecified atom stereocenters. The monoisotopic (exact) mass is 305 g/mol. The van der Waals surface area contributed by atoms with E-state index in [0.29, 0.717) is 18.2 Å². The number of carbonyl (C=O) groups is 1. The van der Waals surface area contributed by atoms with Gasteiger partial charge in [-0.3, -0.25) is 4.90 Å². The number of aryl methyl sites for hydroxylation is 3. The van der Waals surface area contributed by atoms with Gasteiger partial charge in [-0.1, -0.05) is 17.7 Å². The Morgan fingerprint density at radius 3 is 2.90 bits per heavy atom. The molecule has 1 aliphatic heterocycles. The predicted molar refractivity (Wildman–Crippen MR) is 80.8 cm³/mol. The molecule has 21 heavy (non-hydrogen) atoms. The molecular weight excluding hydrogens is 290 g/mol. The summed E-state index contributed by atoms with van der Waals surface area (Å²) in [7, 11) is 0. The van der Waals surface area contributed by atoms with Crippen LogP contribution in [-0.4, -0.2) is 28.8 Å². The summed E-state index contributed by atoms with van der Waals surface area (Å²) in [5.41, 5.74) is 1.84. The Morgan fingerprint density at radius 1 is 1.43 bits per heavy atom. The Morgan fingerprint density at radius 2 is 2.29 bits per heavy atom.